The minimum Gasteiger partial charge on any atom is -0.300 e. The largest absolute Gasteiger partial charge is 0.300 e. The van der Waals surface area contributed by atoms with Gasteiger partial charge in [0.25, 0.3) is 0 Å². The molecule has 0 amide bonds. The van der Waals surface area contributed by atoms with E-state index in [0.29, 0.717) is 31.5 Å². The van der Waals surface area contributed by atoms with Crippen LogP contribution in [0.15, 0.2) is 24.3 Å². The molecule has 0 bridgehead atoms. The Bertz CT molecular complexity index is 1710. The summed E-state index contributed by atoms with van der Waals surface area (Å²) in [4.78, 5) is 70.7. The molecule has 97 heavy (non-hydrogen) atoms. The van der Waals surface area contributed by atoms with E-state index in [2.05, 4.69) is 58.3 Å². The molecule has 0 aliphatic heterocycles. The Morgan fingerprint density at radius 1 is 0.237 bits per heavy atom. The highest BCUT2D eigenvalue weighted by molar-refractivity contribution is 6.21. The Morgan fingerprint density at radius 3 is 0.649 bits per heavy atom. The molecule has 0 saturated carbocycles. The molecule has 0 aromatic carbocycles. The van der Waals surface area contributed by atoms with Crippen LogP contribution in [-0.4, -0.2) is 29.4 Å². The molecule has 0 aromatic heterocycles. The van der Waals surface area contributed by atoms with Gasteiger partial charge in [-0.3, -0.25) is 24.0 Å². The lowest BCUT2D eigenvalue weighted by Crippen LogP contribution is -2.50. The summed E-state index contributed by atoms with van der Waals surface area (Å²) in [6, 6.07) is 0. The van der Waals surface area contributed by atoms with Crippen LogP contribution >= 0.6 is 0 Å². The van der Waals surface area contributed by atoms with E-state index >= 15 is 0 Å². The van der Waals surface area contributed by atoms with Gasteiger partial charge < -0.3 is 0 Å². The fourth-order valence-electron chi connectivity index (χ4n) is 15.1. The van der Waals surface area contributed by atoms with Crippen molar-refractivity contribution in [2.75, 3.05) is 0 Å². The van der Waals surface area contributed by atoms with Gasteiger partial charge in [0.05, 0.1) is 0 Å². The summed E-state index contributed by atoms with van der Waals surface area (Å²) in [6.45, 7) is 9.13. The van der Waals surface area contributed by atoms with Crippen molar-refractivity contribution >= 4 is 29.4 Å². The number of hydrogen-bond acceptors (Lipinski definition) is 5. The summed E-state index contributed by atoms with van der Waals surface area (Å²) < 4.78 is 0. The highest BCUT2D eigenvalue weighted by Gasteiger charge is 2.53. The average molecular weight is 1360 g/mol. The van der Waals surface area contributed by atoms with E-state index in [9.17, 15) is 24.0 Å². The van der Waals surface area contributed by atoms with E-state index in [1.165, 1.54) is 334 Å². The predicted molar refractivity (Wildman–Crippen MR) is 428 cm³/mol. The summed E-state index contributed by atoms with van der Waals surface area (Å²) >= 11 is 0. The Morgan fingerprint density at radius 2 is 0.423 bits per heavy atom. The van der Waals surface area contributed by atoms with Crippen LogP contribution in [0.1, 0.15) is 522 Å². The zero-order valence-electron chi connectivity index (χ0n) is 66.4. The number of hydrogen-bond donors (Lipinski definition) is 0. The first-order valence-electron chi connectivity index (χ1n) is 44.7. The van der Waals surface area contributed by atoms with Crippen LogP contribution in [0.25, 0.3) is 0 Å². The third kappa shape index (κ3) is 64.4. The molecule has 5 nitrogen and oxygen atoms in total. The number of unbranched alkanes of at least 4 members (excludes halogenated alkanes) is 64. The molecule has 0 heterocycles. The van der Waals surface area contributed by atoms with Crippen molar-refractivity contribution in [3.05, 3.63) is 24.3 Å². The average Bonchev–Trinajstić information content (AvgIpc) is 0.783. The molecule has 0 N–H and O–H groups in total. The van der Waals surface area contributed by atoms with Crippen LogP contribution in [0.5, 0.6) is 0 Å². The van der Waals surface area contributed by atoms with Crippen molar-refractivity contribution in [3.63, 3.8) is 0 Å². The molecular formula is C92H171O5. The standard InChI is InChI=1S/C92H171O5/c1-5-9-13-17-21-25-29-33-37-38-42-47-53-59-65-71-77-83-89(95)88(82-76-70-64-58-52-46-43-45-51-57-63-69-75-81-87(94)80-74-68-62-56-50-44-39-34-30-26-22-18-14-10-6-2)92(86-93,90(96)84-78-72-66-60-54-48-40-35-31-27-23-19-15-11-7-3)91(97)85-79-73-67-61-55-49-41-36-32-28-24-20-16-12-8-4/h34-35,39-40,88H,5-33,36-38,41-85H2,1-4H3/b39-34-,40-35-. The van der Waals surface area contributed by atoms with Gasteiger partial charge in [-0.15, -0.1) is 0 Å². The van der Waals surface area contributed by atoms with Gasteiger partial charge >= 0.3 is 0 Å². The minimum absolute atomic E-state index is 0.0374. The third-order valence-electron chi connectivity index (χ3n) is 21.8. The number of rotatable bonds is 85. The first-order chi connectivity index (χ1) is 47.8. The lowest BCUT2D eigenvalue weighted by Gasteiger charge is -2.33. The van der Waals surface area contributed by atoms with Crippen LogP contribution in [-0.2, 0) is 24.0 Å². The second-order valence-electron chi connectivity index (χ2n) is 31.2. The smallest absolute Gasteiger partial charge is 0.221 e. The summed E-state index contributed by atoms with van der Waals surface area (Å²) in [5.74, 6) is -1.09. The van der Waals surface area contributed by atoms with E-state index in [0.717, 1.165) is 122 Å². The normalized spacial score (nSPS) is 12.8. The Labute approximate surface area is 607 Å². The predicted octanol–water partition coefficient (Wildman–Crippen LogP) is 31.2. The van der Waals surface area contributed by atoms with Crippen LogP contribution < -0.4 is 0 Å². The number of carbonyl (C=O) groups is 4. The van der Waals surface area contributed by atoms with Crippen molar-refractivity contribution in [3.8, 4) is 0 Å². The van der Waals surface area contributed by atoms with Gasteiger partial charge in [0.15, 0.2) is 17.0 Å². The second kappa shape index (κ2) is 79.5. The van der Waals surface area contributed by atoms with E-state index in [4.69, 9.17) is 0 Å². The van der Waals surface area contributed by atoms with Crippen LogP contribution in [0.3, 0.4) is 0 Å². The Balaban J connectivity index is 5.33. The minimum atomic E-state index is -1.97. The highest BCUT2D eigenvalue weighted by atomic mass is 16.2. The first-order valence-corrected chi connectivity index (χ1v) is 44.7. The molecule has 1 radical (unpaired) electrons. The fraction of sp³-hybridized carbons (Fsp3) is 0.902. The monoisotopic (exact) mass is 1360 g/mol. The lowest BCUT2D eigenvalue weighted by molar-refractivity contribution is -0.145. The highest BCUT2D eigenvalue weighted by Crippen LogP contribution is 2.38. The molecule has 569 valence electrons. The van der Waals surface area contributed by atoms with E-state index < -0.39 is 11.3 Å². The third-order valence-corrected chi connectivity index (χ3v) is 21.8. The maximum atomic E-state index is 14.8. The number of ketones is 4. The summed E-state index contributed by atoms with van der Waals surface area (Å²) in [5.41, 5.74) is -1.97. The van der Waals surface area contributed by atoms with Crippen molar-refractivity contribution < 1.29 is 24.0 Å². The van der Waals surface area contributed by atoms with Crippen LogP contribution in [0, 0.1) is 11.3 Å². The molecule has 0 aromatic rings. The lowest BCUT2D eigenvalue weighted by atomic mass is 9.64. The number of Topliss-reactive ketones (excluding diaryl/α,β-unsaturated/α-hetero) is 4. The molecule has 5 heteroatoms. The van der Waals surface area contributed by atoms with Gasteiger partial charge in [-0.2, -0.15) is 0 Å². The van der Waals surface area contributed by atoms with E-state index in [-0.39, 0.29) is 30.2 Å². The Hall–Kier alpha value is -2.17. The second-order valence-corrected chi connectivity index (χ2v) is 31.2. The maximum Gasteiger partial charge on any atom is 0.221 e. The molecule has 0 spiro atoms. The molecule has 0 aliphatic carbocycles. The summed E-state index contributed by atoms with van der Waals surface area (Å²) in [5, 5.41) is 0. The van der Waals surface area contributed by atoms with Crippen LogP contribution in [0.4, 0.5) is 0 Å². The number of carbonyl (C=O) groups excluding carboxylic acids is 5. The quantitative estimate of drug-likeness (QED) is 0.0344. The Kier molecular flexibility index (Phi) is 77.8. The molecule has 2 atom stereocenters. The van der Waals surface area contributed by atoms with Crippen molar-refractivity contribution in [2.45, 2.75) is 522 Å². The van der Waals surface area contributed by atoms with Gasteiger partial charge in [-0.05, 0) is 89.9 Å². The van der Waals surface area contributed by atoms with Gasteiger partial charge in [0, 0.05) is 38.0 Å². The first kappa shape index (κ1) is 94.8. The zero-order valence-corrected chi connectivity index (χ0v) is 66.4. The van der Waals surface area contributed by atoms with Gasteiger partial charge in [0.2, 0.25) is 6.29 Å². The van der Waals surface area contributed by atoms with Gasteiger partial charge in [0.1, 0.15) is 11.6 Å². The fourth-order valence-corrected chi connectivity index (χ4v) is 15.1. The summed E-state index contributed by atoms with van der Waals surface area (Å²) in [7, 11) is 0. The summed E-state index contributed by atoms with van der Waals surface area (Å²) in [6.07, 6.45) is 101. The molecule has 2 unspecified atom stereocenters. The van der Waals surface area contributed by atoms with Crippen molar-refractivity contribution in [1.82, 2.24) is 0 Å². The maximum absolute atomic E-state index is 14.8. The zero-order chi connectivity index (χ0) is 70.4. The molecule has 0 rings (SSSR count). The van der Waals surface area contributed by atoms with Crippen LogP contribution in [0.2, 0.25) is 0 Å². The molecule has 0 saturated heterocycles. The molecule has 0 aliphatic rings. The van der Waals surface area contributed by atoms with Gasteiger partial charge in [-0.1, -0.05) is 424 Å². The number of allylic oxidation sites excluding steroid dienone is 4. The van der Waals surface area contributed by atoms with E-state index in [1.54, 1.807) is 0 Å². The topological polar surface area (TPSA) is 85.3 Å². The molecular weight excluding hydrogens is 1190 g/mol. The van der Waals surface area contributed by atoms with Crippen molar-refractivity contribution in [1.29, 1.82) is 0 Å². The SMILES string of the molecule is CCCCCCCC/C=C\CCCCCCCC(=O)CCCCCCCCCCCCCCCC(C(=O)CCCCCCCCCCCCCCCCCCC)C([C]=O)(C(=O)CCCCCCC/C=C\CCCCCCCC)C(=O)CCCCCCCCCCCCCCCCC. The van der Waals surface area contributed by atoms with Gasteiger partial charge in [-0.25, -0.2) is 0 Å². The van der Waals surface area contributed by atoms with E-state index in [1.807, 2.05) is 0 Å². The van der Waals surface area contributed by atoms with Crippen molar-refractivity contribution in [2.24, 2.45) is 11.3 Å². The molecule has 0 fully saturated rings.